The van der Waals surface area contributed by atoms with Gasteiger partial charge in [-0.3, -0.25) is 0 Å². The van der Waals surface area contributed by atoms with Crippen LogP contribution in [0.25, 0.3) is 60.1 Å². The Balaban J connectivity index is 1.61. The normalized spacial score (nSPS) is 13.1. The van der Waals surface area contributed by atoms with Gasteiger partial charge < -0.3 is 0 Å². The molecule has 0 radical (unpaired) electrons. The first-order chi connectivity index (χ1) is 20.1. The molecule has 0 heteroatoms. The molecule has 0 spiro atoms. The first kappa shape index (κ1) is 26.5. The lowest BCUT2D eigenvalue weighted by molar-refractivity contribution is 0.714. The van der Waals surface area contributed by atoms with Crippen LogP contribution < -0.4 is 0 Å². The van der Waals surface area contributed by atoms with Crippen molar-refractivity contribution >= 4 is 37.9 Å². The van der Waals surface area contributed by atoms with Crippen LogP contribution in [0.4, 0.5) is 0 Å². The molecular formula is C41H36. The van der Waals surface area contributed by atoms with Crippen molar-refractivity contribution in [2.45, 2.75) is 27.2 Å². The minimum atomic E-state index is 0.469. The highest BCUT2D eigenvalue weighted by Crippen LogP contribution is 2.45. The van der Waals surface area contributed by atoms with Gasteiger partial charge in [0.15, 0.2) is 0 Å². The Morgan fingerprint density at radius 2 is 1.20 bits per heavy atom. The van der Waals surface area contributed by atoms with Crippen LogP contribution in [0.5, 0.6) is 0 Å². The van der Waals surface area contributed by atoms with E-state index >= 15 is 0 Å². The summed E-state index contributed by atoms with van der Waals surface area (Å²) in [6.45, 7) is 10.7. The molecule has 0 aliphatic rings. The average Bonchev–Trinajstić information content (AvgIpc) is 3.03. The second-order valence-electron chi connectivity index (χ2n) is 10.9. The summed E-state index contributed by atoms with van der Waals surface area (Å²) in [4.78, 5) is 0. The van der Waals surface area contributed by atoms with Gasteiger partial charge in [-0.25, -0.2) is 0 Å². The number of fused-ring (bicyclic) bond motifs is 3. The number of hydrogen-bond donors (Lipinski definition) is 0. The van der Waals surface area contributed by atoms with Crippen molar-refractivity contribution in [3.63, 3.8) is 0 Å². The summed E-state index contributed by atoms with van der Waals surface area (Å²) in [6, 6.07) is 42.4. The highest BCUT2D eigenvalue weighted by molar-refractivity contribution is 6.23. The Morgan fingerprint density at radius 1 is 0.659 bits per heavy atom. The van der Waals surface area contributed by atoms with Crippen molar-refractivity contribution in [3.8, 4) is 22.3 Å². The van der Waals surface area contributed by atoms with Crippen molar-refractivity contribution < 1.29 is 0 Å². The lowest BCUT2D eigenvalue weighted by atomic mass is 9.83. The van der Waals surface area contributed by atoms with Gasteiger partial charge in [-0.2, -0.15) is 0 Å². The number of rotatable bonds is 7. The molecule has 0 N–H and O–H groups in total. The third-order valence-electron chi connectivity index (χ3n) is 8.49. The van der Waals surface area contributed by atoms with Crippen LogP contribution in [0.2, 0.25) is 0 Å². The third kappa shape index (κ3) is 4.81. The van der Waals surface area contributed by atoms with E-state index < -0.39 is 0 Å². The van der Waals surface area contributed by atoms with Gasteiger partial charge in [-0.05, 0) is 90.5 Å². The van der Waals surface area contributed by atoms with Crippen molar-refractivity contribution in [3.05, 3.63) is 151 Å². The Bertz CT molecular complexity index is 1880. The number of benzene rings is 6. The maximum Gasteiger partial charge on any atom is -0.00201 e. The smallest absolute Gasteiger partial charge is 0.00201 e. The Labute approximate surface area is 244 Å². The topological polar surface area (TPSA) is 0 Å². The van der Waals surface area contributed by atoms with Gasteiger partial charge in [-0.1, -0.05) is 154 Å². The minimum absolute atomic E-state index is 0.469. The molecule has 0 nitrogen and oxygen atoms in total. The van der Waals surface area contributed by atoms with E-state index in [4.69, 9.17) is 0 Å². The van der Waals surface area contributed by atoms with Gasteiger partial charge in [-0.15, -0.1) is 0 Å². The molecule has 0 fully saturated rings. The van der Waals surface area contributed by atoms with Gasteiger partial charge in [0.2, 0.25) is 0 Å². The van der Waals surface area contributed by atoms with Crippen LogP contribution >= 0.6 is 0 Å². The molecule has 6 aromatic carbocycles. The Kier molecular flexibility index (Phi) is 7.40. The molecule has 0 saturated carbocycles. The zero-order valence-electron chi connectivity index (χ0n) is 24.2. The molecule has 1 atom stereocenters. The van der Waals surface area contributed by atoms with E-state index in [9.17, 15) is 0 Å². The number of allylic oxidation sites excluding steroid dienone is 5. The van der Waals surface area contributed by atoms with Crippen LogP contribution in [0.3, 0.4) is 0 Å². The highest BCUT2D eigenvalue weighted by atomic mass is 14.2. The standard InChI is InChI=1S/C41H36/c1-5-7-15-29(4)39(28(3)6-2)31-24-26-32(27-25-31)40-35-19-10-12-21-37(35)41(38-22-13-11-20-36(38)40)34-23-14-17-30-16-8-9-18-33(30)34/h5,7-28H,1,6H2,2-4H3/b15-7-,39-29+/t28-/m1/s1. The Morgan fingerprint density at radius 3 is 1.78 bits per heavy atom. The predicted octanol–water partition coefficient (Wildman–Crippen LogP) is 12.0. The first-order valence-electron chi connectivity index (χ1n) is 14.6. The molecule has 0 aliphatic carbocycles. The van der Waals surface area contributed by atoms with Crippen LogP contribution in [-0.2, 0) is 0 Å². The zero-order chi connectivity index (χ0) is 28.3. The zero-order valence-corrected chi connectivity index (χ0v) is 24.2. The summed E-state index contributed by atoms with van der Waals surface area (Å²) in [6.07, 6.45) is 7.15. The van der Waals surface area contributed by atoms with Gasteiger partial charge in [0, 0.05) is 0 Å². The summed E-state index contributed by atoms with van der Waals surface area (Å²) in [7, 11) is 0. The van der Waals surface area contributed by atoms with E-state index in [1.165, 1.54) is 71.3 Å². The van der Waals surface area contributed by atoms with Crippen molar-refractivity contribution in [2.75, 3.05) is 0 Å². The largest absolute Gasteiger partial charge is 0.0991 e. The molecule has 0 aromatic heterocycles. The molecular weight excluding hydrogens is 492 g/mol. The van der Waals surface area contributed by atoms with Crippen molar-refractivity contribution in [1.82, 2.24) is 0 Å². The molecule has 0 bridgehead atoms. The maximum absolute atomic E-state index is 3.86. The Hall–Kier alpha value is -4.68. The summed E-state index contributed by atoms with van der Waals surface area (Å²) in [5, 5.41) is 7.68. The fourth-order valence-electron chi connectivity index (χ4n) is 6.40. The van der Waals surface area contributed by atoms with Gasteiger partial charge >= 0.3 is 0 Å². The van der Waals surface area contributed by atoms with Crippen molar-refractivity contribution in [1.29, 1.82) is 0 Å². The van der Waals surface area contributed by atoms with Gasteiger partial charge in [0.25, 0.3) is 0 Å². The molecule has 6 rings (SSSR count). The van der Waals surface area contributed by atoms with E-state index in [0.717, 1.165) is 6.42 Å². The molecule has 0 aliphatic heterocycles. The first-order valence-corrected chi connectivity index (χ1v) is 14.6. The van der Waals surface area contributed by atoms with E-state index in [1.54, 1.807) is 0 Å². The summed E-state index contributed by atoms with van der Waals surface area (Å²) in [5.74, 6) is 0.469. The second-order valence-corrected chi connectivity index (χ2v) is 10.9. The molecule has 0 unspecified atom stereocenters. The van der Waals surface area contributed by atoms with E-state index in [0.29, 0.717) is 5.92 Å². The van der Waals surface area contributed by atoms with Crippen LogP contribution in [0.15, 0.2) is 146 Å². The third-order valence-corrected chi connectivity index (χ3v) is 8.49. The summed E-state index contributed by atoms with van der Waals surface area (Å²) < 4.78 is 0. The lowest BCUT2D eigenvalue weighted by Gasteiger charge is -2.20. The van der Waals surface area contributed by atoms with E-state index in [2.05, 4.69) is 149 Å². The van der Waals surface area contributed by atoms with Gasteiger partial charge in [0.1, 0.15) is 0 Å². The minimum Gasteiger partial charge on any atom is -0.0991 e. The fraction of sp³-hybridized carbons (Fsp3) is 0.122. The van der Waals surface area contributed by atoms with E-state index in [-0.39, 0.29) is 0 Å². The average molecular weight is 529 g/mol. The van der Waals surface area contributed by atoms with Crippen LogP contribution in [0.1, 0.15) is 32.8 Å². The fourth-order valence-corrected chi connectivity index (χ4v) is 6.40. The highest BCUT2D eigenvalue weighted by Gasteiger charge is 2.18. The monoisotopic (exact) mass is 528 g/mol. The lowest BCUT2D eigenvalue weighted by Crippen LogP contribution is -2.00. The summed E-state index contributed by atoms with van der Waals surface area (Å²) in [5.41, 5.74) is 9.11. The summed E-state index contributed by atoms with van der Waals surface area (Å²) >= 11 is 0. The van der Waals surface area contributed by atoms with E-state index in [1.807, 2.05) is 12.2 Å². The SMILES string of the molecule is C=C/C=C\C(C)=C(\c1ccc(-c2c3ccccc3c(-c3cccc4ccccc34)c3ccccc23)cc1)[C@H](C)CC. The molecule has 6 aromatic rings. The van der Waals surface area contributed by atoms with Crippen LogP contribution in [0, 0.1) is 5.92 Å². The molecule has 0 amide bonds. The molecule has 0 saturated heterocycles. The molecule has 0 heterocycles. The maximum atomic E-state index is 3.86. The van der Waals surface area contributed by atoms with Gasteiger partial charge in [0.05, 0.1) is 0 Å². The molecule has 200 valence electrons. The van der Waals surface area contributed by atoms with Crippen molar-refractivity contribution in [2.24, 2.45) is 5.92 Å². The second kappa shape index (κ2) is 11.4. The quantitative estimate of drug-likeness (QED) is 0.143. The van der Waals surface area contributed by atoms with Crippen LogP contribution in [-0.4, -0.2) is 0 Å². The number of hydrogen-bond acceptors (Lipinski definition) is 0. The molecule has 41 heavy (non-hydrogen) atoms. The predicted molar refractivity (Wildman–Crippen MR) is 181 cm³/mol.